The summed E-state index contributed by atoms with van der Waals surface area (Å²) in [4.78, 5) is 24.8. The zero-order valence-corrected chi connectivity index (χ0v) is 23.6. The molecule has 12 heteroatoms. The number of hydrogen-bond acceptors (Lipinski definition) is 9. The van der Waals surface area contributed by atoms with E-state index in [4.69, 9.17) is 24.3 Å². The molecule has 0 bridgehead atoms. The molecule has 1 aliphatic carbocycles. The summed E-state index contributed by atoms with van der Waals surface area (Å²) in [6.45, 7) is 8.80. The second-order valence-corrected chi connectivity index (χ2v) is 11.4. The van der Waals surface area contributed by atoms with Crippen molar-refractivity contribution >= 4 is 34.7 Å². The summed E-state index contributed by atoms with van der Waals surface area (Å²) in [5.41, 5.74) is 2.15. The molecule has 2 N–H and O–H groups in total. The number of methoxy groups -OCH3 is 1. The van der Waals surface area contributed by atoms with E-state index in [1.807, 2.05) is 11.6 Å². The fourth-order valence-corrected chi connectivity index (χ4v) is 5.40. The van der Waals surface area contributed by atoms with Crippen molar-refractivity contribution in [3.05, 3.63) is 36.3 Å². The molecule has 1 atom stereocenters. The molecule has 40 heavy (non-hydrogen) atoms. The minimum Gasteiger partial charge on any atom is -0.491 e. The van der Waals surface area contributed by atoms with E-state index in [2.05, 4.69) is 52.1 Å². The van der Waals surface area contributed by atoms with Gasteiger partial charge >= 0.3 is 0 Å². The van der Waals surface area contributed by atoms with Crippen LogP contribution >= 0.6 is 0 Å². The van der Waals surface area contributed by atoms with Gasteiger partial charge in [0.25, 0.3) is 0 Å². The van der Waals surface area contributed by atoms with Gasteiger partial charge in [-0.15, -0.1) is 0 Å². The van der Waals surface area contributed by atoms with Crippen molar-refractivity contribution in [2.24, 2.45) is 7.05 Å². The summed E-state index contributed by atoms with van der Waals surface area (Å²) < 4.78 is 22.0. The number of nitrogens with one attached hydrogen (secondary N) is 2. The first-order chi connectivity index (χ1) is 19.1. The number of hydrogen-bond donors (Lipinski definition) is 2. The number of carbonyl (C=O) groups is 1. The number of pyridine rings is 2. The predicted octanol–water partition coefficient (Wildman–Crippen LogP) is 4.85. The van der Waals surface area contributed by atoms with Gasteiger partial charge in [-0.05, 0) is 25.3 Å². The highest BCUT2D eigenvalue weighted by atomic mass is 16.5. The molecular formula is C28H34N8O4. The van der Waals surface area contributed by atoms with Crippen LogP contribution in [0.1, 0.15) is 58.7 Å². The Morgan fingerprint density at radius 3 is 2.70 bits per heavy atom. The monoisotopic (exact) mass is 546 g/mol. The zero-order chi connectivity index (χ0) is 28.2. The van der Waals surface area contributed by atoms with Crippen LogP contribution in [0.2, 0.25) is 0 Å². The highest BCUT2D eigenvalue weighted by Crippen LogP contribution is 2.54. The van der Waals surface area contributed by atoms with Gasteiger partial charge in [0.05, 0.1) is 24.9 Å². The van der Waals surface area contributed by atoms with Gasteiger partial charge in [0.15, 0.2) is 23.0 Å². The van der Waals surface area contributed by atoms with Crippen LogP contribution in [0.3, 0.4) is 0 Å². The molecule has 5 heterocycles. The van der Waals surface area contributed by atoms with Gasteiger partial charge in [-0.1, -0.05) is 20.8 Å². The van der Waals surface area contributed by atoms with Crippen molar-refractivity contribution in [1.29, 1.82) is 0 Å². The largest absolute Gasteiger partial charge is 0.491 e. The molecule has 6 rings (SSSR count). The number of carbonyl (C=O) groups excluding carboxylic acids is 1. The third-order valence-corrected chi connectivity index (χ3v) is 7.46. The van der Waals surface area contributed by atoms with Gasteiger partial charge in [0.1, 0.15) is 17.1 Å². The standard InChI is InChI=1S/C28H34N8O4/c1-16(37)31-21-13-17(7-11-29-21)40-18-15-30-25-23(24(18)38-6)35(5)26(33-25)32-22-14-20(27(2,3)4)36(34-22)19-8-12-39-28(19)9-10-28/h7,11,13-15,19H,8-10,12H2,1-6H3,(H,29,31,37)(H,30,32,33,34)/t19-/m0/s1. The molecule has 1 amide bonds. The van der Waals surface area contributed by atoms with E-state index in [-0.39, 0.29) is 23.0 Å². The number of amides is 1. The normalized spacial score (nSPS) is 17.8. The molecule has 0 aromatic carbocycles. The molecule has 0 radical (unpaired) electrons. The van der Waals surface area contributed by atoms with Crippen LogP contribution in [-0.2, 0) is 22.0 Å². The Morgan fingerprint density at radius 1 is 1.20 bits per heavy atom. The average molecular weight is 547 g/mol. The highest BCUT2D eigenvalue weighted by molar-refractivity contribution is 5.88. The van der Waals surface area contributed by atoms with Gasteiger partial charge < -0.3 is 29.4 Å². The first kappa shape index (κ1) is 26.1. The van der Waals surface area contributed by atoms with Crippen LogP contribution in [0.25, 0.3) is 11.2 Å². The zero-order valence-electron chi connectivity index (χ0n) is 23.6. The number of fused-ring (bicyclic) bond motifs is 1. The molecule has 4 aromatic heterocycles. The molecule has 2 fully saturated rings. The summed E-state index contributed by atoms with van der Waals surface area (Å²) in [6.07, 6.45) is 6.25. The Morgan fingerprint density at radius 2 is 2.00 bits per heavy atom. The highest BCUT2D eigenvalue weighted by Gasteiger charge is 2.56. The smallest absolute Gasteiger partial charge is 0.222 e. The maximum absolute atomic E-state index is 11.4. The molecule has 1 spiro atoms. The number of anilines is 3. The van der Waals surface area contributed by atoms with Gasteiger partial charge in [-0.2, -0.15) is 10.1 Å². The lowest BCUT2D eigenvalue weighted by atomic mass is 9.91. The maximum Gasteiger partial charge on any atom is 0.222 e. The number of nitrogens with zero attached hydrogens (tertiary/aromatic N) is 6. The number of imidazole rings is 1. The van der Waals surface area contributed by atoms with Gasteiger partial charge in [0.2, 0.25) is 11.9 Å². The minimum atomic E-state index is -0.219. The summed E-state index contributed by atoms with van der Waals surface area (Å²) in [6, 6.07) is 5.66. The van der Waals surface area contributed by atoms with E-state index >= 15 is 0 Å². The van der Waals surface area contributed by atoms with E-state index in [9.17, 15) is 4.79 Å². The lowest BCUT2D eigenvalue weighted by Gasteiger charge is -2.26. The second-order valence-electron chi connectivity index (χ2n) is 11.4. The Kier molecular flexibility index (Phi) is 6.17. The SMILES string of the molecule is COc1c(Oc2ccnc(NC(C)=O)c2)cnc2nc(Nc3cc(C(C)(C)C)n([C@H]4CCOC45CC5)n3)n(C)c12. The number of aryl methyl sites for hydroxylation is 1. The summed E-state index contributed by atoms with van der Waals surface area (Å²) >= 11 is 0. The Balaban J connectivity index is 1.33. The third kappa shape index (κ3) is 4.61. The molecule has 12 nitrogen and oxygen atoms in total. The molecular weight excluding hydrogens is 512 g/mol. The van der Waals surface area contributed by atoms with Crippen molar-refractivity contribution < 1.29 is 19.0 Å². The van der Waals surface area contributed by atoms with Crippen molar-refractivity contribution in [1.82, 2.24) is 29.3 Å². The van der Waals surface area contributed by atoms with Crippen LogP contribution in [0.5, 0.6) is 17.2 Å². The number of ether oxygens (including phenoxy) is 3. The molecule has 2 aliphatic rings. The summed E-state index contributed by atoms with van der Waals surface area (Å²) in [7, 11) is 3.46. The van der Waals surface area contributed by atoms with Crippen LogP contribution < -0.4 is 20.1 Å². The van der Waals surface area contributed by atoms with Gasteiger partial charge in [0, 0.05) is 50.0 Å². The third-order valence-electron chi connectivity index (χ3n) is 7.46. The first-order valence-electron chi connectivity index (χ1n) is 13.4. The fourth-order valence-electron chi connectivity index (χ4n) is 5.40. The fraction of sp³-hybridized carbons (Fsp3) is 0.464. The van der Waals surface area contributed by atoms with E-state index in [0.29, 0.717) is 46.0 Å². The van der Waals surface area contributed by atoms with Crippen LogP contribution in [0, 0.1) is 0 Å². The lowest BCUT2D eigenvalue weighted by molar-refractivity contribution is -0.114. The molecule has 210 valence electrons. The lowest BCUT2D eigenvalue weighted by Crippen LogP contribution is -2.28. The molecule has 4 aromatic rings. The van der Waals surface area contributed by atoms with E-state index in [1.54, 1.807) is 31.6 Å². The maximum atomic E-state index is 11.4. The second kappa shape index (κ2) is 9.47. The summed E-state index contributed by atoms with van der Waals surface area (Å²) in [5, 5.41) is 11.1. The van der Waals surface area contributed by atoms with Crippen molar-refractivity contribution in [2.75, 3.05) is 24.4 Å². The first-order valence-corrected chi connectivity index (χ1v) is 13.4. The minimum absolute atomic E-state index is 0.0629. The Hall–Kier alpha value is -4.19. The average Bonchev–Trinajstić information content (AvgIpc) is 3.20. The van der Waals surface area contributed by atoms with E-state index in [1.165, 1.54) is 6.92 Å². The Bertz CT molecular complexity index is 1600. The van der Waals surface area contributed by atoms with Crippen LogP contribution in [-0.4, -0.2) is 54.5 Å². The van der Waals surface area contributed by atoms with Crippen LogP contribution in [0.15, 0.2) is 30.6 Å². The van der Waals surface area contributed by atoms with Crippen molar-refractivity contribution in [3.63, 3.8) is 0 Å². The van der Waals surface area contributed by atoms with Gasteiger partial charge in [-0.3, -0.25) is 9.48 Å². The van der Waals surface area contributed by atoms with Crippen molar-refractivity contribution in [2.45, 2.75) is 64.0 Å². The number of aromatic nitrogens is 6. The van der Waals surface area contributed by atoms with Crippen LogP contribution in [0.4, 0.5) is 17.6 Å². The molecule has 1 saturated carbocycles. The molecule has 1 saturated heterocycles. The van der Waals surface area contributed by atoms with E-state index < -0.39 is 0 Å². The molecule has 1 aliphatic heterocycles. The number of rotatable bonds is 7. The van der Waals surface area contributed by atoms with Crippen molar-refractivity contribution in [3.8, 4) is 17.2 Å². The summed E-state index contributed by atoms with van der Waals surface area (Å²) in [5.74, 6) is 2.81. The predicted molar refractivity (Wildman–Crippen MR) is 149 cm³/mol. The van der Waals surface area contributed by atoms with Gasteiger partial charge in [-0.25, -0.2) is 9.97 Å². The Labute approximate surface area is 232 Å². The van der Waals surface area contributed by atoms with E-state index in [0.717, 1.165) is 31.6 Å². The quantitative estimate of drug-likeness (QED) is 0.334. The topological polar surface area (TPSA) is 130 Å². The molecule has 0 unspecified atom stereocenters.